The highest BCUT2D eigenvalue weighted by atomic mass is 19.4. The predicted octanol–water partition coefficient (Wildman–Crippen LogP) is 4.11. The molecule has 150 valence electrons. The standard InChI is InChI=1S/C17H22F3N3O4/c1-16(2,3)27-15(24)21-12-5-4-8-22(10-12)13-7-6-11(17(18,19)20)9-14(13)23(25)26/h6-7,9,12H,4-5,8,10H2,1-3H3,(H,21,24)/t12-/m0/s1. The van der Waals surface area contributed by atoms with E-state index in [0.717, 1.165) is 12.1 Å². The van der Waals surface area contributed by atoms with Crippen LogP contribution < -0.4 is 10.2 Å². The molecule has 1 aliphatic heterocycles. The van der Waals surface area contributed by atoms with Crippen molar-refractivity contribution in [2.75, 3.05) is 18.0 Å². The Morgan fingerprint density at radius 3 is 2.56 bits per heavy atom. The maximum Gasteiger partial charge on any atom is 0.416 e. The van der Waals surface area contributed by atoms with Crippen molar-refractivity contribution in [3.05, 3.63) is 33.9 Å². The first-order chi connectivity index (χ1) is 12.4. The quantitative estimate of drug-likeness (QED) is 0.621. The van der Waals surface area contributed by atoms with Crippen molar-refractivity contribution >= 4 is 17.5 Å². The second kappa shape index (κ2) is 7.61. The van der Waals surface area contributed by atoms with E-state index in [2.05, 4.69) is 5.32 Å². The lowest BCUT2D eigenvalue weighted by Gasteiger charge is -2.34. The van der Waals surface area contributed by atoms with E-state index in [4.69, 9.17) is 4.74 Å². The van der Waals surface area contributed by atoms with E-state index in [1.807, 2.05) is 0 Å². The van der Waals surface area contributed by atoms with Gasteiger partial charge in [-0.3, -0.25) is 10.1 Å². The lowest BCUT2D eigenvalue weighted by Crippen LogP contribution is -2.49. The summed E-state index contributed by atoms with van der Waals surface area (Å²) in [7, 11) is 0. The summed E-state index contributed by atoms with van der Waals surface area (Å²) in [5, 5.41) is 14.0. The van der Waals surface area contributed by atoms with Crippen molar-refractivity contribution in [3.63, 3.8) is 0 Å². The van der Waals surface area contributed by atoms with Gasteiger partial charge in [0.25, 0.3) is 5.69 Å². The van der Waals surface area contributed by atoms with Crippen LogP contribution in [0.25, 0.3) is 0 Å². The van der Waals surface area contributed by atoms with Gasteiger partial charge in [0.2, 0.25) is 0 Å². The number of hydrogen-bond donors (Lipinski definition) is 1. The fraction of sp³-hybridized carbons (Fsp3) is 0.588. The molecule has 0 bridgehead atoms. The third-order valence-corrected chi connectivity index (χ3v) is 3.98. The molecular weight excluding hydrogens is 367 g/mol. The molecule has 0 aliphatic carbocycles. The molecule has 1 heterocycles. The normalized spacial score (nSPS) is 18.1. The number of alkyl carbamates (subject to hydrolysis) is 1. The van der Waals surface area contributed by atoms with Gasteiger partial charge in [0.05, 0.1) is 10.5 Å². The Labute approximate surface area is 154 Å². The van der Waals surface area contributed by atoms with E-state index < -0.39 is 34.0 Å². The Balaban J connectivity index is 2.18. The van der Waals surface area contributed by atoms with Crippen LogP contribution in [0.2, 0.25) is 0 Å². The minimum Gasteiger partial charge on any atom is -0.444 e. The first-order valence-electron chi connectivity index (χ1n) is 8.47. The zero-order valence-corrected chi connectivity index (χ0v) is 15.3. The molecule has 1 atom stereocenters. The molecule has 1 N–H and O–H groups in total. The van der Waals surface area contributed by atoms with Crippen LogP contribution in [0.1, 0.15) is 39.2 Å². The van der Waals surface area contributed by atoms with E-state index in [0.29, 0.717) is 25.5 Å². The average molecular weight is 389 g/mol. The molecule has 0 spiro atoms. The number of hydrogen-bond acceptors (Lipinski definition) is 5. The smallest absolute Gasteiger partial charge is 0.416 e. The van der Waals surface area contributed by atoms with E-state index >= 15 is 0 Å². The summed E-state index contributed by atoms with van der Waals surface area (Å²) in [4.78, 5) is 24.0. The third kappa shape index (κ3) is 5.73. The zero-order chi connectivity index (χ0) is 20.4. The molecule has 0 radical (unpaired) electrons. The highest BCUT2D eigenvalue weighted by Crippen LogP contribution is 2.37. The van der Waals surface area contributed by atoms with Crippen molar-refractivity contribution in [3.8, 4) is 0 Å². The molecule has 1 saturated heterocycles. The first-order valence-corrected chi connectivity index (χ1v) is 8.47. The topological polar surface area (TPSA) is 84.7 Å². The summed E-state index contributed by atoms with van der Waals surface area (Å²) in [6.07, 6.45) is -3.99. The molecule has 0 saturated carbocycles. The summed E-state index contributed by atoms with van der Waals surface area (Å²) in [5.41, 5.74) is -2.24. The first kappa shape index (κ1) is 20.8. The van der Waals surface area contributed by atoms with Crippen molar-refractivity contribution in [1.82, 2.24) is 5.32 Å². The van der Waals surface area contributed by atoms with Gasteiger partial charge < -0.3 is 15.0 Å². The van der Waals surface area contributed by atoms with E-state index in [-0.39, 0.29) is 18.3 Å². The van der Waals surface area contributed by atoms with Gasteiger partial charge in [-0.05, 0) is 45.7 Å². The van der Waals surface area contributed by atoms with Crippen molar-refractivity contribution in [1.29, 1.82) is 0 Å². The highest BCUT2D eigenvalue weighted by Gasteiger charge is 2.34. The van der Waals surface area contributed by atoms with Crippen LogP contribution in [0.3, 0.4) is 0 Å². The number of alkyl halides is 3. The maximum absolute atomic E-state index is 12.8. The number of carbonyl (C=O) groups is 1. The number of nitrogens with one attached hydrogen (secondary N) is 1. The third-order valence-electron chi connectivity index (χ3n) is 3.98. The molecule has 1 aromatic rings. The molecule has 1 aliphatic rings. The number of piperidine rings is 1. The number of halogens is 3. The summed E-state index contributed by atoms with van der Waals surface area (Å²) in [6.45, 7) is 5.87. The van der Waals surface area contributed by atoms with Gasteiger partial charge in [-0.25, -0.2) is 4.79 Å². The van der Waals surface area contributed by atoms with Crippen LogP contribution in [0.5, 0.6) is 0 Å². The van der Waals surface area contributed by atoms with Gasteiger partial charge in [-0.2, -0.15) is 13.2 Å². The number of rotatable bonds is 3. The fourth-order valence-corrected chi connectivity index (χ4v) is 2.90. The minimum absolute atomic E-state index is 0.101. The summed E-state index contributed by atoms with van der Waals surface area (Å²) < 4.78 is 43.7. The monoisotopic (exact) mass is 389 g/mol. The molecule has 7 nitrogen and oxygen atoms in total. The number of amides is 1. The van der Waals surface area contributed by atoms with Crippen molar-refractivity contribution in [2.24, 2.45) is 0 Å². The Bertz CT molecular complexity index is 716. The Morgan fingerprint density at radius 1 is 1.33 bits per heavy atom. The molecule has 2 rings (SSSR count). The highest BCUT2D eigenvalue weighted by molar-refractivity contribution is 5.69. The van der Waals surface area contributed by atoms with Gasteiger partial charge in [0.15, 0.2) is 0 Å². The van der Waals surface area contributed by atoms with E-state index in [1.54, 1.807) is 25.7 Å². The Hall–Kier alpha value is -2.52. The van der Waals surface area contributed by atoms with Crippen LogP contribution in [-0.2, 0) is 10.9 Å². The molecular formula is C17H22F3N3O4. The largest absolute Gasteiger partial charge is 0.444 e. The summed E-state index contributed by atoms with van der Waals surface area (Å²) in [5.74, 6) is 0. The lowest BCUT2D eigenvalue weighted by atomic mass is 10.0. The minimum atomic E-state index is -4.66. The number of benzene rings is 1. The Kier molecular flexibility index (Phi) is 5.86. The van der Waals surface area contributed by atoms with Gasteiger partial charge in [0, 0.05) is 25.2 Å². The maximum atomic E-state index is 12.8. The fourth-order valence-electron chi connectivity index (χ4n) is 2.90. The molecule has 0 aromatic heterocycles. The number of carbonyl (C=O) groups excluding carboxylic acids is 1. The number of nitro benzene ring substituents is 1. The molecule has 0 unspecified atom stereocenters. The molecule has 10 heteroatoms. The predicted molar refractivity (Wildman–Crippen MR) is 92.7 cm³/mol. The van der Waals surface area contributed by atoms with Crippen LogP contribution >= 0.6 is 0 Å². The molecule has 1 aromatic carbocycles. The summed E-state index contributed by atoms with van der Waals surface area (Å²) in [6, 6.07) is 2.15. The number of anilines is 1. The lowest BCUT2D eigenvalue weighted by molar-refractivity contribution is -0.384. The molecule has 1 amide bonds. The molecule has 27 heavy (non-hydrogen) atoms. The van der Waals surface area contributed by atoms with Crippen molar-refractivity contribution in [2.45, 2.75) is 51.4 Å². The van der Waals surface area contributed by atoms with Crippen LogP contribution in [0.15, 0.2) is 18.2 Å². The second-order valence-corrected chi connectivity index (χ2v) is 7.39. The van der Waals surface area contributed by atoms with Gasteiger partial charge in [-0.15, -0.1) is 0 Å². The number of nitrogens with zero attached hydrogens (tertiary/aromatic N) is 2. The van der Waals surface area contributed by atoms with Gasteiger partial charge in [-0.1, -0.05) is 0 Å². The van der Waals surface area contributed by atoms with Crippen LogP contribution in [0.4, 0.5) is 29.3 Å². The van der Waals surface area contributed by atoms with Crippen LogP contribution in [0, 0.1) is 10.1 Å². The number of nitro groups is 1. The zero-order valence-electron chi connectivity index (χ0n) is 15.3. The average Bonchev–Trinajstić information content (AvgIpc) is 2.51. The SMILES string of the molecule is CC(C)(C)OC(=O)N[C@H]1CCCN(c2ccc(C(F)(F)F)cc2[N+](=O)[O-])C1. The molecule has 1 fully saturated rings. The van der Waals surface area contributed by atoms with E-state index in [9.17, 15) is 28.1 Å². The summed E-state index contributed by atoms with van der Waals surface area (Å²) >= 11 is 0. The van der Waals surface area contributed by atoms with Crippen molar-refractivity contribution < 1.29 is 27.6 Å². The Morgan fingerprint density at radius 2 is 2.00 bits per heavy atom. The van der Waals surface area contributed by atoms with Gasteiger partial charge in [0.1, 0.15) is 11.3 Å². The second-order valence-electron chi connectivity index (χ2n) is 7.39. The van der Waals surface area contributed by atoms with Gasteiger partial charge >= 0.3 is 12.3 Å². The number of ether oxygens (including phenoxy) is 1. The van der Waals surface area contributed by atoms with E-state index in [1.165, 1.54) is 0 Å². The van der Waals surface area contributed by atoms with Crippen LogP contribution in [-0.4, -0.2) is 35.7 Å².